The van der Waals surface area contributed by atoms with Gasteiger partial charge < -0.3 is 9.53 Å². The van der Waals surface area contributed by atoms with Gasteiger partial charge in [-0.15, -0.1) is 0 Å². The molecule has 0 aliphatic rings. The fourth-order valence-electron chi connectivity index (χ4n) is 2.14. The normalized spacial score (nSPS) is 11.9. The Morgan fingerprint density at radius 3 is 2.79 bits per heavy atom. The zero-order valence-electron chi connectivity index (χ0n) is 11.7. The van der Waals surface area contributed by atoms with E-state index in [4.69, 9.17) is 0 Å². The van der Waals surface area contributed by atoms with Gasteiger partial charge in [0.15, 0.2) is 0 Å². The van der Waals surface area contributed by atoms with Crippen molar-refractivity contribution in [1.29, 1.82) is 0 Å². The van der Waals surface area contributed by atoms with Crippen molar-refractivity contribution < 1.29 is 14.3 Å². The Hall–Kier alpha value is -1.64. The summed E-state index contributed by atoms with van der Waals surface area (Å²) in [6.45, 7) is 2.05. The highest BCUT2D eigenvalue weighted by atomic mass is 16.5. The molecule has 0 spiro atoms. The fraction of sp³-hybridized carbons (Fsp3) is 0.500. The summed E-state index contributed by atoms with van der Waals surface area (Å²) in [5, 5.41) is 0. The van der Waals surface area contributed by atoms with E-state index in [0.29, 0.717) is 6.42 Å². The van der Waals surface area contributed by atoms with Gasteiger partial charge in [-0.1, -0.05) is 36.2 Å². The standard InChI is InChI=1S/C16H22O3/c1-13-6-5-8-14(10-13)11-15(12-17)7-3-4-9-16(18)19-2/h5-6,8,10,12,15H,3-4,7,9,11H2,1-2H3. The van der Waals surface area contributed by atoms with Crippen molar-refractivity contribution in [3.8, 4) is 0 Å². The summed E-state index contributed by atoms with van der Waals surface area (Å²) in [6.07, 6.45) is 4.74. The molecule has 0 aliphatic heterocycles. The number of carbonyl (C=O) groups excluding carboxylic acids is 2. The number of aldehydes is 1. The second-order valence-corrected chi connectivity index (χ2v) is 4.91. The maximum Gasteiger partial charge on any atom is 0.305 e. The molecule has 104 valence electrons. The van der Waals surface area contributed by atoms with Crippen LogP contribution in [0.15, 0.2) is 24.3 Å². The van der Waals surface area contributed by atoms with Crippen LogP contribution in [0, 0.1) is 12.8 Å². The van der Waals surface area contributed by atoms with Crippen LogP contribution in [-0.2, 0) is 20.7 Å². The monoisotopic (exact) mass is 262 g/mol. The third kappa shape index (κ3) is 6.18. The zero-order valence-corrected chi connectivity index (χ0v) is 11.7. The number of methoxy groups -OCH3 is 1. The summed E-state index contributed by atoms with van der Waals surface area (Å²) < 4.78 is 4.58. The number of aryl methyl sites for hydroxylation is 1. The van der Waals surface area contributed by atoms with Gasteiger partial charge in [-0.3, -0.25) is 4.79 Å². The Morgan fingerprint density at radius 2 is 2.16 bits per heavy atom. The molecule has 0 saturated heterocycles. The largest absolute Gasteiger partial charge is 0.469 e. The van der Waals surface area contributed by atoms with E-state index >= 15 is 0 Å². The van der Waals surface area contributed by atoms with E-state index in [1.807, 2.05) is 6.07 Å². The molecule has 3 nitrogen and oxygen atoms in total. The van der Waals surface area contributed by atoms with Crippen LogP contribution in [0.3, 0.4) is 0 Å². The molecule has 0 saturated carbocycles. The Labute approximate surface area is 115 Å². The Bertz CT molecular complexity index is 412. The second kappa shape index (κ2) is 8.46. The smallest absolute Gasteiger partial charge is 0.305 e. The molecule has 1 aromatic carbocycles. The summed E-state index contributed by atoms with van der Waals surface area (Å²) in [4.78, 5) is 22.0. The molecule has 1 atom stereocenters. The van der Waals surface area contributed by atoms with Crippen molar-refractivity contribution in [3.05, 3.63) is 35.4 Å². The van der Waals surface area contributed by atoms with Crippen LogP contribution in [0.25, 0.3) is 0 Å². The van der Waals surface area contributed by atoms with Crippen molar-refractivity contribution in [2.75, 3.05) is 7.11 Å². The maximum absolute atomic E-state index is 11.1. The van der Waals surface area contributed by atoms with Crippen LogP contribution in [0.2, 0.25) is 0 Å². The number of hydrogen-bond acceptors (Lipinski definition) is 3. The van der Waals surface area contributed by atoms with Crippen molar-refractivity contribution >= 4 is 12.3 Å². The van der Waals surface area contributed by atoms with E-state index < -0.39 is 0 Å². The van der Waals surface area contributed by atoms with Crippen molar-refractivity contribution in [2.24, 2.45) is 5.92 Å². The van der Waals surface area contributed by atoms with Crippen LogP contribution >= 0.6 is 0 Å². The molecule has 1 unspecified atom stereocenters. The van der Waals surface area contributed by atoms with Gasteiger partial charge in [-0.05, 0) is 31.7 Å². The molecular weight excluding hydrogens is 240 g/mol. The molecule has 0 aliphatic carbocycles. The average molecular weight is 262 g/mol. The Morgan fingerprint density at radius 1 is 1.37 bits per heavy atom. The summed E-state index contributed by atoms with van der Waals surface area (Å²) in [6, 6.07) is 8.24. The Kier molecular flexibility index (Phi) is 6.86. The van der Waals surface area contributed by atoms with Gasteiger partial charge in [0.25, 0.3) is 0 Å². The highest BCUT2D eigenvalue weighted by Gasteiger charge is 2.09. The molecule has 0 fully saturated rings. The first-order valence-corrected chi connectivity index (χ1v) is 6.73. The Balaban J connectivity index is 2.34. The lowest BCUT2D eigenvalue weighted by molar-refractivity contribution is -0.140. The lowest BCUT2D eigenvalue weighted by Crippen LogP contribution is -2.07. The summed E-state index contributed by atoms with van der Waals surface area (Å²) in [7, 11) is 1.40. The van der Waals surface area contributed by atoms with Crippen LogP contribution in [0.1, 0.15) is 36.8 Å². The minimum atomic E-state index is -0.179. The van der Waals surface area contributed by atoms with E-state index in [0.717, 1.165) is 32.0 Å². The quantitative estimate of drug-likeness (QED) is 0.411. The van der Waals surface area contributed by atoms with Gasteiger partial charge in [0.05, 0.1) is 7.11 Å². The first-order chi connectivity index (χ1) is 9.15. The molecule has 0 radical (unpaired) electrons. The lowest BCUT2D eigenvalue weighted by Gasteiger charge is -2.10. The van der Waals surface area contributed by atoms with Crippen LogP contribution in [0.5, 0.6) is 0 Å². The molecule has 19 heavy (non-hydrogen) atoms. The number of carbonyl (C=O) groups is 2. The molecule has 0 heterocycles. The molecule has 0 amide bonds. The van der Waals surface area contributed by atoms with E-state index in [1.165, 1.54) is 18.2 Å². The van der Waals surface area contributed by atoms with E-state index in [-0.39, 0.29) is 11.9 Å². The number of hydrogen-bond donors (Lipinski definition) is 0. The number of rotatable bonds is 8. The molecule has 1 rings (SSSR count). The van der Waals surface area contributed by atoms with Gasteiger partial charge in [-0.2, -0.15) is 0 Å². The molecule has 0 aromatic heterocycles. The van der Waals surface area contributed by atoms with Crippen LogP contribution in [0.4, 0.5) is 0 Å². The van der Waals surface area contributed by atoms with Crippen molar-refractivity contribution in [2.45, 2.75) is 39.0 Å². The predicted octanol–water partition coefficient (Wildman–Crippen LogP) is 3.09. The highest BCUT2D eigenvalue weighted by molar-refractivity contribution is 5.69. The van der Waals surface area contributed by atoms with E-state index in [9.17, 15) is 9.59 Å². The van der Waals surface area contributed by atoms with Gasteiger partial charge in [0.2, 0.25) is 0 Å². The van der Waals surface area contributed by atoms with E-state index in [2.05, 4.69) is 29.9 Å². The van der Waals surface area contributed by atoms with Crippen LogP contribution in [-0.4, -0.2) is 19.4 Å². The predicted molar refractivity (Wildman–Crippen MR) is 74.9 cm³/mol. The van der Waals surface area contributed by atoms with E-state index in [1.54, 1.807) is 0 Å². The van der Waals surface area contributed by atoms with Gasteiger partial charge in [-0.25, -0.2) is 0 Å². The minimum Gasteiger partial charge on any atom is -0.469 e. The number of benzene rings is 1. The topological polar surface area (TPSA) is 43.4 Å². The zero-order chi connectivity index (χ0) is 14.1. The molecular formula is C16H22O3. The van der Waals surface area contributed by atoms with Gasteiger partial charge in [0.1, 0.15) is 6.29 Å². The maximum atomic E-state index is 11.1. The minimum absolute atomic E-state index is 0.0412. The molecule has 0 N–H and O–H groups in total. The summed E-state index contributed by atoms with van der Waals surface area (Å²) in [5.41, 5.74) is 2.41. The van der Waals surface area contributed by atoms with Gasteiger partial charge >= 0.3 is 5.97 Å². The number of esters is 1. The summed E-state index contributed by atoms with van der Waals surface area (Å²) >= 11 is 0. The molecule has 1 aromatic rings. The fourth-order valence-corrected chi connectivity index (χ4v) is 2.14. The molecule has 3 heteroatoms. The first-order valence-electron chi connectivity index (χ1n) is 6.73. The molecule has 0 bridgehead atoms. The van der Waals surface area contributed by atoms with Gasteiger partial charge in [0, 0.05) is 12.3 Å². The first kappa shape index (κ1) is 15.4. The second-order valence-electron chi connectivity index (χ2n) is 4.91. The van der Waals surface area contributed by atoms with Crippen LogP contribution < -0.4 is 0 Å². The average Bonchev–Trinajstić information content (AvgIpc) is 2.41. The third-order valence-electron chi connectivity index (χ3n) is 3.21. The van der Waals surface area contributed by atoms with Crippen molar-refractivity contribution in [3.63, 3.8) is 0 Å². The highest BCUT2D eigenvalue weighted by Crippen LogP contribution is 2.15. The number of unbranched alkanes of at least 4 members (excludes halogenated alkanes) is 1. The van der Waals surface area contributed by atoms with Crippen molar-refractivity contribution in [1.82, 2.24) is 0 Å². The summed E-state index contributed by atoms with van der Waals surface area (Å²) in [5.74, 6) is -0.138. The number of ether oxygens (including phenoxy) is 1. The SMILES string of the molecule is COC(=O)CCCCC(C=O)Cc1cccc(C)c1. The third-order valence-corrected chi connectivity index (χ3v) is 3.21. The lowest BCUT2D eigenvalue weighted by atomic mass is 9.94.